The fraction of sp³-hybridized carbons (Fsp3) is 0.895. The standard InChI is InChI=1S/C19H34N3O4P/c1-13(2)21(14(3)4)27(25-11-10-20-7)22-17-8-9-18(22)19(26-15(17)5)12-24-16(6)23/h13-15,17-19H,8-12H2,1-6H3/t15-,17?,18?,19+,27?/m0/s1. The number of hydrogen-bond donors (Lipinski definition) is 0. The molecule has 7 nitrogen and oxygen atoms in total. The highest BCUT2D eigenvalue weighted by molar-refractivity contribution is 7.47. The Hall–Kier alpha value is -0.770. The molecule has 27 heavy (non-hydrogen) atoms. The molecule has 2 saturated heterocycles. The molecular weight excluding hydrogens is 365 g/mol. The monoisotopic (exact) mass is 399 g/mol. The zero-order valence-electron chi connectivity index (χ0n) is 17.4. The molecule has 0 aromatic rings. The Bertz CT molecular complexity index is 532. The number of esters is 1. The Morgan fingerprint density at radius 1 is 1.30 bits per heavy atom. The van der Waals surface area contributed by atoms with Crippen molar-refractivity contribution < 1.29 is 18.8 Å². The maximum absolute atomic E-state index is 11.3. The van der Waals surface area contributed by atoms with Gasteiger partial charge in [-0.2, -0.15) is 0 Å². The van der Waals surface area contributed by atoms with E-state index >= 15 is 0 Å². The third kappa shape index (κ3) is 5.40. The van der Waals surface area contributed by atoms with Crippen molar-refractivity contribution in [2.75, 3.05) is 19.8 Å². The smallest absolute Gasteiger partial charge is 0.302 e. The van der Waals surface area contributed by atoms with Gasteiger partial charge in [0.15, 0.2) is 8.45 Å². The maximum Gasteiger partial charge on any atom is 0.302 e. The average molecular weight is 399 g/mol. The highest BCUT2D eigenvalue weighted by Gasteiger charge is 2.52. The lowest BCUT2D eigenvalue weighted by Gasteiger charge is -2.50. The minimum Gasteiger partial charge on any atom is -0.463 e. The van der Waals surface area contributed by atoms with Crippen molar-refractivity contribution in [1.29, 1.82) is 0 Å². The number of rotatable bonds is 9. The fourth-order valence-electron chi connectivity index (χ4n) is 4.13. The van der Waals surface area contributed by atoms with Gasteiger partial charge in [0.2, 0.25) is 6.54 Å². The van der Waals surface area contributed by atoms with Gasteiger partial charge in [-0.15, -0.1) is 0 Å². The van der Waals surface area contributed by atoms with E-state index in [1.165, 1.54) is 6.92 Å². The Kier molecular flexibility index (Phi) is 8.45. The Balaban J connectivity index is 2.28. The molecule has 2 rings (SSSR count). The first-order valence-electron chi connectivity index (χ1n) is 9.89. The van der Waals surface area contributed by atoms with Gasteiger partial charge in [0, 0.05) is 31.1 Å². The SMILES string of the molecule is [C-]#[N+]CCOP(N(C(C)C)C(C)C)N1C2CCC1[C@@H](COC(C)=O)O[C@H]2C. The number of morpholine rings is 1. The van der Waals surface area contributed by atoms with Crippen LogP contribution >= 0.6 is 8.45 Å². The van der Waals surface area contributed by atoms with E-state index in [0.717, 1.165) is 12.8 Å². The lowest BCUT2D eigenvalue weighted by molar-refractivity contribution is -0.155. The lowest BCUT2D eigenvalue weighted by Crippen LogP contribution is -2.56. The van der Waals surface area contributed by atoms with Crippen LogP contribution in [0.3, 0.4) is 0 Å². The van der Waals surface area contributed by atoms with Gasteiger partial charge in [-0.25, -0.2) is 15.9 Å². The first kappa shape index (κ1) is 22.5. The molecular formula is C19H34N3O4P. The van der Waals surface area contributed by atoms with Gasteiger partial charge in [0.05, 0.1) is 6.10 Å². The second-order valence-electron chi connectivity index (χ2n) is 7.81. The Morgan fingerprint density at radius 3 is 2.48 bits per heavy atom. The van der Waals surface area contributed by atoms with Crippen LogP contribution in [-0.2, 0) is 18.8 Å². The van der Waals surface area contributed by atoms with Gasteiger partial charge in [0.25, 0.3) is 0 Å². The molecule has 0 aromatic heterocycles. The summed E-state index contributed by atoms with van der Waals surface area (Å²) in [7, 11) is -1.03. The molecule has 0 amide bonds. The molecule has 2 heterocycles. The second-order valence-corrected chi connectivity index (χ2v) is 9.50. The van der Waals surface area contributed by atoms with E-state index in [9.17, 15) is 4.79 Å². The van der Waals surface area contributed by atoms with Crippen LogP contribution in [0.25, 0.3) is 4.85 Å². The normalized spacial score (nSPS) is 29.3. The minimum atomic E-state index is -1.03. The minimum absolute atomic E-state index is 0.0555. The molecule has 0 saturated carbocycles. The molecule has 5 atom stereocenters. The molecule has 2 fully saturated rings. The van der Waals surface area contributed by atoms with E-state index in [1.807, 2.05) is 0 Å². The number of ether oxygens (including phenoxy) is 2. The van der Waals surface area contributed by atoms with Crippen molar-refractivity contribution in [1.82, 2.24) is 9.34 Å². The molecule has 2 aliphatic rings. The first-order valence-corrected chi connectivity index (χ1v) is 11.1. The highest BCUT2D eigenvalue weighted by atomic mass is 31.2. The summed E-state index contributed by atoms with van der Waals surface area (Å²) in [6.45, 7) is 20.5. The van der Waals surface area contributed by atoms with E-state index in [-0.39, 0.29) is 30.8 Å². The predicted molar refractivity (Wildman–Crippen MR) is 106 cm³/mol. The van der Waals surface area contributed by atoms with E-state index in [0.29, 0.717) is 31.3 Å². The Morgan fingerprint density at radius 2 is 1.93 bits per heavy atom. The van der Waals surface area contributed by atoms with E-state index in [1.54, 1.807) is 0 Å². The second kappa shape index (κ2) is 10.1. The van der Waals surface area contributed by atoms with Crippen LogP contribution in [0.2, 0.25) is 0 Å². The van der Waals surface area contributed by atoms with Gasteiger partial charge >= 0.3 is 5.97 Å². The summed E-state index contributed by atoms with van der Waals surface area (Å²) in [6.07, 6.45) is 1.98. The average Bonchev–Trinajstić information content (AvgIpc) is 2.94. The Labute approximate surface area is 165 Å². The molecule has 0 radical (unpaired) electrons. The summed E-state index contributed by atoms with van der Waals surface area (Å²) in [6, 6.07) is 1.12. The van der Waals surface area contributed by atoms with Crippen molar-refractivity contribution in [3.8, 4) is 0 Å². The number of nitrogens with zero attached hydrogens (tertiary/aromatic N) is 3. The number of hydrogen-bond acceptors (Lipinski definition) is 6. The summed E-state index contributed by atoms with van der Waals surface area (Å²) in [5.41, 5.74) is 0. The molecule has 0 aromatic carbocycles. The van der Waals surface area contributed by atoms with Crippen LogP contribution in [0, 0.1) is 6.57 Å². The number of carbonyl (C=O) groups is 1. The molecule has 3 unspecified atom stereocenters. The van der Waals surface area contributed by atoms with Crippen LogP contribution < -0.4 is 0 Å². The quantitative estimate of drug-likeness (QED) is 0.256. The van der Waals surface area contributed by atoms with Crippen molar-refractivity contribution in [2.24, 2.45) is 0 Å². The third-order valence-corrected chi connectivity index (χ3v) is 7.83. The van der Waals surface area contributed by atoms with Gasteiger partial charge in [0.1, 0.15) is 19.3 Å². The van der Waals surface area contributed by atoms with Gasteiger partial charge in [-0.05, 0) is 47.5 Å². The van der Waals surface area contributed by atoms with Crippen LogP contribution in [0.15, 0.2) is 0 Å². The summed E-state index contributed by atoms with van der Waals surface area (Å²) < 4.78 is 22.7. The lowest BCUT2D eigenvalue weighted by atomic mass is 10.1. The maximum atomic E-state index is 11.3. The zero-order chi connectivity index (χ0) is 20.1. The predicted octanol–water partition coefficient (Wildman–Crippen LogP) is 3.45. The van der Waals surface area contributed by atoms with E-state index in [2.05, 4.69) is 48.8 Å². The number of fused-ring (bicyclic) bond motifs is 2. The van der Waals surface area contributed by atoms with E-state index < -0.39 is 8.45 Å². The van der Waals surface area contributed by atoms with Crippen LogP contribution in [-0.4, -0.2) is 71.4 Å². The van der Waals surface area contributed by atoms with Crippen LogP contribution in [0.1, 0.15) is 54.4 Å². The van der Waals surface area contributed by atoms with Crippen molar-refractivity contribution in [3.63, 3.8) is 0 Å². The summed E-state index contributed by atoms with van der Waals surface area (Å²) in [5, 5.41) is 0. The van der Waals surface area contributed by atoms with Gasteiger partial charge < -0.3 is 18.8 Å². The molecule has 2 aliphatic heterocycles. The summed E-state index contributed by atoms with van der Waals surface area (Å²) in [4.78, 5) is 14.8. The molecule has 0 N–H and O–H groups in total. The fourth-order valence-corrected chi connectivity index (χ4v) is 6.75. The first-order chi connectivity index (χ1) is 12.8. The molecule has 8 heteroatoms. The zero-order valence-corrected chi connectivity index (χ0v) is 18.3. The van der Waals surface area contributed by atoms with E-state index in [4.69, 9.17) is 20.6 Å². The third-order valence-electron chi connectivity index (χ3n) is 5.11. The topological polar surface area (TPSA) is 55.6 Å². The molecule has 154 valence electrons. The number of carbonyl (C=O) groups excluding carboxylic acids is 1. The molecule has 2 bridgehead atoms. The summed E-state index contributed by atoms with van der Waals surface area (Å²) in [5.74, 6) is -0.278. The summed E-state index contributed by atoms with van der Waals surface area (Å²) >= 11 is 0. The largest absolute Gasteiger partial charge is 0.463 e. The van der Waals surface area contributed by atoms with Crippen molar-refractivity contribution >= 4 is 14.4 Å². The van der Waals surface area contributed by atoms with Crippen molar-refractivity contribution in [2.45, 2.75) is 90.8 Å². The molecule has 0 aliphatic carbocycles. The van der Waals surface area contributed by atoms with Crippen molar-refractivity contribution in [3.05, 3.63) is 11.4 Å². The van der Waals surface area contributed by atoms with Gasteiger partial charge in [-0.1, -0.05) is 0 Å². The highest BCUT2D eigenvalue weighted by Crippen LogP contribution is 2.56. The van der Waals surface area contributed by atoms with Crippen LogP contribution in [0.4, 0.5) is 0 Å². The molecule has 0 spiro atoms. The van der Waals surface area contributed by atoms with Crippen LogP contribution in [0.5, 0.6) is 0 Å². The van der Waals surface area contributed by atoms with Gasteiger partial charge in [-0.3, -0.25) is 4.79 Å².